The number of methoxy groups -OCH3 is 1. The Morgan fingerprint density at radius 3 is 2.43 bits per heavy atom. The zero-order valence-electron chi connectivity index (χ0n) is 14.4. The molecule has 148 valence electrons. The van der Waals surface area contributed by atoms with Crippen molar-refractivity contribution in [1.82, 2.24) is 5.43 Å². The minimum atomic E-state index is -4.96. The molecule has 0 unspecified atom stereocenters. The Balaban J connectivity index is 2.07. The number of amides is 2. The molecule has 0 aliphatic carbocycles. The van der Waals surface area contributed by atoms with E-state index in [1.54, 1.807) is 17.5 Å². The van der Waals surface area contributed by atoms with Gasteiger partial charge < -0.3 is 10.1 Å². The maximum atomic E-state index is 13.1. The number of nitrogens with one attached hydrogen (secondary N) is 2. The number of rotatable bonds is 6. The highest BCUT2D eigenvalue weighted by molar-refractivity contribution is 7.12. The van der Waals surface area contributed by atoms with E-state index >= 15 is 0 Å². The number of Topliss-reactive ketones (excluding diaryl/α,β-unsaturated/α-hetero) is 1. The van der Waals surface area contributed by atoms with Gasteiger partial charge >= 0.3 is 18.0 Å². The molecule has 2 aromatic rings. The molecular formula is C17H14F3N3O4S. The van der Waals surface area contributed by atoms with Gasteiger partial charge in [-0.1, -0.05) is 18.2 Å². The van der Waals surface area contributed by atoms with Gasteiger partial charge in [0.1, 0.15) is 11.5 Å². The van der Waals surface area contributed by atoms with Crippen molar-refractivity contribution in [3.8, 4) is 5.75 Å². The molecule has 0 spiro atoms. The molecular weight excluding hydrogens is 399 g/mol. The van der Waals surface area contributed by atoms with Crippen molar-refractivity contribution in [3.05, 3.63) is 46.7 Å². The first-order chi connectivity index (χ1) is 13.2. The van der Waals surface area contributed by atoms with Crippen LogP contribution >= 0.6 is 11.3 Å². The van der Waals surface area contributed by atoms with Crippen molar-refractivity contribution in [3.63, 3.8) is 0 Å². The largest absolute Gasteiger partial charge is 0.495 e. The van der Waals surface area contributed by atoms with E-state index in [1.807, 2.05) is 0 Å². The number of halogens is 3. The number of carbonyl (C=O) groups is 3. The number of nitrogens with zero attached hydrogens (tertiary/aromatic N) is 1. The molecule has 0 radical (unpaired) electrons. The van der Waals surface area contributed by atoms with Crippen molar-refractivity contribution in [1.29, 1.82) is 0 Å². The van der Waals surface area contributed by atoms with Gasteiger partial charge in [0.15, 0.2) is 5.78 Å². The maximum Gasteiger partial charge on any atom is 0.431 e. The third kappa shape index (κ3) is 5.64. The van der Waals surface area contributed by atoms with E-state index in [9.17, 15) is 27.6 Å². The molecule has 7 nitrogen and oxygen atoms in total. The molecule has 2 N–H and O–H groups in total. The Morgan fingerprint density at radius 2 is 1.82 bits per heavy atom. The molecule has 2 rings (SSSR count). The Bertz CT molecular complexity index is 895. The van der Waals surface area contributed by atoms with Gasteiger partial charge in [0, 0.05) is 0 Å². The van der Waals surface area contributed by atoms with E-state index in [2.05, 4.69) is 10.4 Å². The van der Waals surface area contributed by atoms with Crippen LogP contribution in [0.1, 0.15) is 16.1 Å². The third-order valence-electron chi connectivity index (χ3n) is 3.31. The van der Waals surface area contributed by atoms with E-state index in [4.69, 9.17) is 4.74 Å². The standard InChI is InChI=1S/C17H14F3N3O4S/c1-27-12-6-3-2-5-10(12)21-15(25)16(26)23-22-14(17(18,19)20)9-11(24)13-7-4-8-28-13/h2-8H,9H2,1H3,(H,21,25)(H,23,26)/b22-14-. The minimum absolute atomic E-state index is 0.122. The lowest BCUT2D eigenvalue weighted by Gasteiger charge is -2.11. The monoisotopic (exact) mass is 413 g/mol. The number of thiophene rings is 1. The fraction of sp³-hybridized carbons (Fsp3) is 0.176. The van der Waals surface area contributed by atoms with Crippen LogP contribution in [0.2, 0.25) is 0 Å². The van der Waals surface area contributed by atoms with E-state index in [0.717, 1.165) is 11.3 Å². The molecule has 2 amide bonds. The van der Waals surface area contributed by atoms with Crippen LogP contribution in [0.3, 0.4) is 0 Å². The first kappa shape index (κ1) is 21.1. The lowest BCUT2D eigenvalue weighted by Crippen LogP contribution is -2.35. The number of anilines is 1. The van der Waals surface area contributed by atoms with Crippen molar-refractivity contribution in [2.45, 2.75) is 12.6 Å². The molecule has 0 fully saturated rings. The van der Waals surface area contributed by atoms with E-state index in [1.165, 1.54) is 36.8 Å². The molecule has 0 aliphatic heterocycles. The highest BCUT2D eigenvalue weighted by atomic mass is 32.1. The summed E-state index contributed by atoms with van der Waals surface area (Å²) < 4.78 is 44.2. The summed E-state index contributed by atoms with van der Waals surface area (Å²) in [5, 5.41) is 6.67. The zero-order chi connectivity index (χ0) is 20.7. The summed E-state index contributed by atoms with van der Waals surface area (Å²) in [6.45, 7) is 0. The van der Waals surface area contributed by atoms with Crippen LogP contribution in [-0.4, -0.2) is 36.6 Å². The number of alkyl halides is 3. The van der Waals surface area contributed by atoms with Gasteiger partial charge in [-0.15, -0.1) is 11.3 Å². The topological polar surface area (TPSA) is 96.9 Å². The summed E-state index contributed by atoms with van der Waals surface area (Å²) >= 11 is 0.982. The fourth-order valence-electron chi connectivity index (χ4n) is 1.98. The summed E-state index contributed by atoms with van der Waals surface area (Å²) in [5.41, 5.74) is 0.152. The van der Waals surface area contributed by atoms with Crippen LogP contribution in [-0.2, 0) is 9.59 Å². The SMILES string of the molecule is COc1ccccc1NC(=O)C(=O)N/N=C(/CC(=O)c1cccs1)C(F)(F)F. The highest BCUT2D eigenvalue weighted by Crippen LogP contribution is 2.23. The number of para-hydroxylation sites is 2. The number of ether oxygens (including phenoxy) is 1. The number of hydrazone groups is 1. The predicted octanol–water partition coefficient (Wildman–Crippen LogP) is 3.00. The first-order valence-electron chi connectivity index (χ1n) is 7.67. The van der Waals surface area contributed by atoms with Gasteiger partial charge in [-0.2, -0.15) is 18.3 Å². The van der Waals surface area contributed by atoms with Crippen molar-refractivity contribution >= 4 is 40.3 Å². The number of carbonyl (C=O) groups excluding carboxylic acids is 3. The molecule has 11 heteroatoms. The summed E-state index contributed by atoms with van der Waals surface area (Å²) in [4.78, 5) is 35.6. The smallest absolute Gasteiger partial charge is 0.431 e. The molecule has 0 aliphatic rings. The quantitative estimate of drug-likeness (QED) is 0.329. The number of hydrogen-bond acceptors (Lipinski definition) is 6. The van der Waals surface area contributed by atoms with Gasteiger partial charge in [-0.3, -0.25) is 14.4 Å². The van der Waals surface area contributed by atoms with Gasteiger partial charge in [-0.05, 0) is 23.6 Å². The first-order valence-corrected chi connectivity index (χ1v) is 8.55. The van der Waals surface area contributed by atoms with Crippen molar-refractivity contribution in [2.24, 2.45) is 5.10 Å². The molecule has 0 bridgehead atoms. The second kappa shape index (κ2) is 9.13. The Kier molecular flexibility index (Phi) is 6.88. The second-order valence-electron chi connectivity index (χ2n) is 5.23. The summed E-state index contributed by atoms with van der Waals surface area (Å²) in [7, 11) is 1.34. The molecule has 0 atom stereocenters. The summed E-state index contributed by atoms with van der Waals surface area (Å²) in [6, 6.07) is 9.04. The number of benzene rings is 1. The van der Waals surface area contributed by atoms with Crippen molar-refractivity contribution < 1.29 is 32.3 Å². The molecule has 28 heavy (non-hydrogen) atoms. The van der Waals surface area contributed by atoms with E-state index < -0.39 is 35.9 Å². The van der Waals surface area contributed by atoms with Crippen LogP contribution in [0.25, 0.3) is 0 Å². The van der Waals surface area contributed by atoms with Gasteiger partial charge in [0.05, 0.1) is 24.1 Å². The van der Waals surface area contributed by atoms with Crippen LogP contribution in [0.4, 0.5) is 18.9 Å². The molecule has 1 aromatic heterocycles. The average Bonchev–Trinajstić information content (AvgIpc) is 3.19. The summed E-state index contributed by atoms with van der Waals surface area (Å²) in [5.74, 6) is -3.24. The number of hydrogen-bond donors (Lipinski definition) is 2. The molecule has 0 saturated heterocycles. The number of ketones is 1. The summed E-state index contributed by atoms with van der Waals surface area (Å²) in [6.07, 6.45) is -6.03. The van der Waals surface area contributed by atoms with Gasteiger partial charge in [0.2, 0.25) is 0 Å². The van der Waals surface area contributed by atoms with Crippen LogP contribution < -0.4 is 15.5 Å². The Hall–Kier alpha value is -3.21. The maximum absolute atomic E-state index is 13.1. The lowest BCUT2D eigenvalue weighted by atomic mass is 10.1. The lowest BCUT2D eigenvalue weighted by molar-refractivity contribution is -0.136. The minimum Gasteiger partial charge on any atom is -0.495 e. The average molecular weight is 413 g/mol. The van der Waals surface area contributed by atoms with Crippen LogP contribution in [0.5, 0.6) is 5.75 Å². The van der Waals surface area contributed by atoms with E-state index in [0.29, 0.717) is 0 Å². The van der Waals surface area contributed by atoms with Gasteiger partial charge in [-0.25, -0.2) is 5.43 Å². The van der Waals surface area contributed by atoms with Crippen molar-refractivity contribution in [2.75, 3.05) is 12.4 Å². The highest BCUT2D eigenvalue weighted by Gasteiger charge is 2.37. The van der Waals surface area contributed by atoms with Gasteiger partial charge in [0.25, 0.3) is 0 Å². The van der Waals surface area contributed by atoms with E-state index in [-0.39, 0.29) is 16.3 Å². The predicted molar refractivity (Wildman–Crippen MR) is 96.5 cm³/mol. The third-order valence-corrected chi connectivity index (χ3v) is 4.22. The Labute approximate surface area is 161 Å². The second-order valence-corrected chi connectivity index (χ2v) is 6.18. The molecule has 0 saturated carbocycles. The Morgan fingerprint density at radius 1 is 1.11 bits per heavy atom. The molecule has 1 aromatic carbocycles. The normalized spacial score (nSPS) is 11.6. The van der Waals surface area contributed by atoms with Crippen LogP contribution in [0, 0.1) is 0 Å². The fourth-order valence-corrected chi connectivity index (χ4v) is 2.64. The zero-order valence-corrected chi connectivity index (χ0v) is 15.2. The van der Waals surface area contributed by atoms with Crippen LogP contribution in [0.15, 0.2) is 46.9 Å². The molecule has 1 heterocycles.